The predicted octanol–water partition coefficient (Wildman–Crippen LogP) is 3.32. The first-order chi connectivity index (χ1) is 10.2. The summed E-state index contributed by atoms with van der Waals surface area (Å²) in [5.41, 5.74) is 4.05. The summed E-state index contributed by atoms with van der Waals surface area (Å²) in [7, 11) is 0. The summed E-state index contributed by atoms with van der Waals surface area (Å²) in [6, 6.07) is 9.94. The van der Waals surface area contributed by atoms with Crippen LogP contribution >= 0.6 is 0 Å². The number of pyridine rings is 1. The van der Waals surface area contributed by atoms with Crippen molar-refractivity contribution in [2.45, 2.75) is 20.4 Å². The lowest BCUT2D eigenvalue weighted by Crippen LogP contribution is -2.04. The number of nitriles is 1. The maximum Gasteiger partial charge on any atom is 0.138 e. The van der Waals surface area contributed by atoms with Gasteiger partial charge in [-0.25, -0.2) is 0 Å². The molecule has 0 unspecified atom stereocenters. The predicted molar refractivity (Wildman–Crippen MR) is 79.8 cm³/mol. The van der Waals surface area contributed by atoms with Crippen LogP contribution in [0.5, 0.6) is 0 Å². The van der Waals surface area contributed by atoms with E-state index in [0.29, 0.717) is 12.1 Å². The molecule has 0 aliphatic carbocycles. The van der Waals surface area contributed by atoms with Gasteiger partial charge in [0.25, 0.3) is 0 Å². The number of aryl methyl sites for hydroxylation is 2. The minimum absolute atomic E-state index is 0.528. The Labute approximate surface area is 122 Å². The van der Waals surface area contributed by atoms with Crippen molar-refractivity contribution in [3.05, 3.63) is 53.0 Å². The van der Waals surface area contributed by atoms with Crippen molar-refractivity contribution in [2.75, 3.05) is 5.32 Å². The van der Waals surface area contributed by atoms with E-state index < -0.39 is 0 Å². The van der Waals surface area contributed by atoms with Crippen LogP contribution in [0.25, 0.3) is 10.9 Å². The number of anilines is 1. The van der Waals surface area contributed by atoms with Gasteiger partial charge < -0.3 is 9.84 Å². The van der Waals surface area contributed by atoms with Crippen molar-refractivity contribution in [1.29, 1.82) is 5.26 Å². The molecule has 3 rings (SSSR count). The van der Waals surface area contributed by atoms with E-state index in [1.165, 1.54) is 0 Å². The van der Waals surface area contributed by atoms with E-state index in [2.05, 4.69) is 21.5 Å². The molecule has 0 saturated heterocycles. The Morgan fingerprint density at radius 1 is 1.29 bits per heavy atom. The quantitative estimate of drug-likeness (QED) is 0.795. The number of hydrogen-bond acceptors (Lipinski definition) is 5. The molecule has 0 bridgehead atoms. The molecule has 0 radical (unpaired) electrons. The number of nitrogens with one attached hydrogen (secondary N) is 1. The van der Waals surface area contributed by atoms with Crippen LogP contribution in [0.4, 0.5) is 5.69 Å². The summed E-state index contributed by atoms with van der Waals surface area (Å²) in [6.45, 7) is 4.35. The lowest BCUT2D eigenvalue weighted by molar-refractivity contribution is 0.392. The molecule has 0 aliphatic rings. The second-order valence-electron chi connectivity index (χ2n) is 4.83. The zero-order valence-electron chi connectivity index (χ0n) is 11.8. The van der Waals surface area contributed by atoms with Crippen molar-refractivity contribution >= 4 is 16.6 Å². The van der Waals surface area contributed by atoms with Gasteiger partial charge in [0.15, 0.2) is 0 Å². The normalized spacial score (nSPS) is 10.5. The van der Waals surface area contributed by atoms with Crippen LogP contribution in [0.2, 0.25) is 0 Å². The van der Waals surface area contributed by atoms with E-state index in [-0.39, 0.29) is 0 Å². The highest BCUT2D eigenvalue weighted by atomic mass is 16.5. The largest absolute Gasteiger partial charge is 0.379 e. The molecule has 2 aromatic heterocycles. The third kappa shape index (κ3) is 2.32. The summed E-state index contributed by atoms with van der Waals surface area (Å²) in [4.78, 5) is 4.30. The molecule has 21 heavy (non-hydrogen) atoms. The molecule has 1 N–H and O–H groups in total. The SMILES string of the molecule is Cc1noc(C)c1CNc1c(C#N)cnc2ccccc12. The number of fused-ring (bicyclic) bond motifs is 1. The van der Waals surface area contributed by atoms with Crippen LogP contribution in [-0.4, -0.2) is 10.1 Å². The van der Waals surface area contributed by atoms with Crippen LogP contribution < -0.4 is 5.32 Å². The number of nitrogens with zero attached hydrogens (tertiary/aromatic N) is 3. The zero-order valence-corrected chi connectivity index (χ0v) is 11.8. The van der Waals surface area contributed by atoms with Crippen LogP contribution in [0.1, 0.15) is 22.6 Å². The smallest absolute Gasteiger partial charge is 0.138 e. The lowest BCUT2D eigenvalue weighted by Gasteiger charge is -2.11. The van der Waals surface area contributed by atoms with Crippen molar-refractivity contribution < 1.29 is 4.52 Å². The van der Waals surface area contributed by atoms with Crippen molar-refractivity contribution in [1.82, 2.24) is 10.1 Å². The second-order valence-corrected chi connectivity index (χ2v) is 4.83. The molecule has 0 spiro atoms. The molecule has 5 nitrogen and oxygen atoms in total. The van der Waals surface area contributed by atoms with Crippen LogP contribution in [0.15, 0.2) is 35.0 Å². The van der Waals surface area contributed by atoms with E-state index in [0.717, 1.165) is 33.6 Å². The molecule has 5 heteroatoms. The standard InChI is InChI=1S/C16H14N4O/c1-10-14(11(2)21-20-10)9-19-16-12(7-17)8-18-15-6-4-3-5-13(15)16/h3-6,8H,9H2,1-2H3,(H,18,19). The Bertz CT molecular complexity index is 826. The molecule has 2 heterocycles. The highest BCUT2D eigenvalue weighted by Gasteiger charge is 2.12. The number of hydrogen-bond donors (Lipinski definition) is 1. The van der Waals surface area contributed by atoms with E-state index in [1.54, 1.807) is 6.20 Å². The van der Waals surface area contributed by atoms with Crippen molar-refractivity contribution in [3.63, 3.8) is 0 Å². The minimum atomic E-state index is 0.528. The fourth-order valence-corrected chi connectivity index (χ4v) is 2.35. The maximum atomic E-state index is 9.28. The summed E-state index contributed by atoms with van der Waals surface area (Å²) < 4.78 is 5.16. The highest BCUT2D eigenvalue weighted by Crippen LogP contribution is 2.26. The van der Waals surface area contributed by atoms with Crippen LogP contribution in [0.3, 0.4) is 0 Å². The van der Waals surface area contributed by atoms with Crippen LogP contribution in [0, 0.1) is 25.2 Å². The molecule has 1 aromatic carbocycles. The third-order valence-corrected chi connectivity index (χ3v) is 3.52. The van der Waals surface area contributed by atoms with Crippen molar-refractivity contribution in [2.24, 2.45) is 0 Å². The topological polar surface area (TPSA) is 74.7 Å². The number of aromatic nitrogens is 2. The van der Waals surface area contributed by atoms with E-state index >= 15 is 0 Å². The molecule has 3 aromatic rings. The Morgan fingerprint density at radius 3 is 2.81 bits per heavy atom. The first kappa shape index (κ1) is 13.1. The fraction of sp³-hybridized carbons (Fsp3) is 0.188. The number of rotatable bonds is 3. The first-order valence-electron chi connectivity index (χ1n) is 6.64. The minimum Gasteiger partial charge on any atom is -0.379 e. The monoisotopic (exact) mass is 278 g/mol. The summed E-state index contributed by atoms with van der Waals surface area (Å²) >= 11 is 0. The Balaban J connectivity index is 2.02. The molecule has 0 aliphatic heterocycles. The average molecular weight is 278 g/mol. The second kappa shape index (κ2) is 5.25. The van der Waals surface area contributed by atoms with Gasteiger partial charge >= 0.3 is 0 Å². The fourth-order valence-electron chi connectivity index (χ4n) is 2.35. The Hall–Kier alpha value is -2.87. The third-order valence-electron chi connectivity index (χ3n) is 3.52. The molecular weight excluding hydrogens is 264 g/mol. The Kier molecular flexibility index (Phi) is 3.28. The Morgan fingerprint density at radius 2 is 2.10 bits per heavy atom. The van der Waals surface area contributed by atoms with Gasteiger partial charge in [-0.1, -0.05) is 23.4 Å². The zero-order chi connectivity index (χ0) is 14.8. The number of benzene rings is 1. The van der Waals surface area contributed by atoms with Gasteiger partial charge in [0.05, 0.1) is 22.5 Å². The van der Waals surface area contributed by atoms with Gasteiger partial charge in [-0.3, -0.25) is 4.98 Å². The molecule has 0 saturated carbocycles. The molecular formula is C16H14N4O. The highest BCUT2D eigenvalue weighted by molar-refractivity contribution is 5.93. The molecule has 0 atom stereocenters. The summed E-state index contributed by atoms with van der Waals surface area (Å²) in [6.07, 6.45) is 1.60. The summed E-state index contributed by atoms with van der Waals surface area (Å²) in [5.74, 6) is 0.789. The van der Waals surface area contributed by atoms with E-state index in [1.807, 2.05) is 38.1 Å². The van der Waals surface area contributed by atoms with Gasteiger partial charge in [-0.15, -0.1) is 0 Å². The van der Waals surface area contributed by atoms with Gasteiger partial charge in [0.1, 0.15) is 11.8 Å². The number of para-hydroxylation sites is 1. The lowest BCUT2D eigenvalue weighted by atomic mass is 10.1. The maximum absolute atomic E-state index is 9.28. The van der Waals surface area contributed by atoms with Crippen molar-refractivity contribution in [3.8, 4) is 6.07 Å². The van der Waals surface area contributed by atoms with Gasteiger partial charge in [-0.2, -0.15) is 5.26 Å². The van der Waals surface area contributed by atoms with Crippen LogP contribution in [-0.2, 0) is 6.54 Å². The van der Waals surface area contributed by atoms with Gasteiger partial charge in [0.2, 0.25) is 0 Å². The van der Waals surface area contributed by atoms with Gasteiger partial charge in [-0.05, 0) is 19.9 Å². The van der Waals surface area contributed by atoms with E-state index in [9.17, 15) is 5.26 Å². The average Bonchev–Trinajstić information content (AvgIpc) is 2.83. The molecule has 0 amide bonds. The molecule has 0 fully saturated rings. The first-order valence-corrected chi connectivity index (χ1v) is 6.64. The van der Waals surface area contributed by atoms with Gasteiger partial charge in [0, 0.05) is 23.7 Å². The molecule has 104 valence electrons. The summed E-state index contributed by atoms with van der Waals surface area (Å²) in [5, 5.41) is 17.5. The van der Waals surface area contributed by atoms with E-state index in [4.69, 9.17) is 4.52 Å².